The summed E-state index contributed by atoms with van der Waals surface area (Å²) >= 11 is 0. The van der Waals surface area contributed by atoms with Gasteiger partial charge in [0, 0.05) is 5.92 Å². The zero-order valence-electron chi connectivity index (χ0n) is 9.78. The third-order valence-electron chi connectivity index (χ3n) is 4.07. The maximum Gasteiger partial charge on any atom is 0.230 e. The van der Waals surface area contributed by atoms with E-state index in [-0.39, 0.29) is 0 Å². The Bertz CT molecular complexity index is 363. The Morgan fingerprint density at radius 2 is 2.31 bits per heavy atom. The number of fused-ring (bicyclic) bond motifs is 2. The molecule has 0 spiro atoms. The summed E-state index contributed by atoms with van der Waals surface area (Å²) in [7, 11) is 0. The average molecular weight is 221 g/mol. The van der Waals surface area contributed by atoms with Crippen LogP contribution >= 0.6 is 0 Å². The molecule has 0 aliphatic heterocycles. The molecule has 2 fully saturated rings. The first-order valence-corrected chi connectivity index (χ1v) is 6.40. The highest BCUT2D eigenvalue weighted by Crippen LogP contribution is 2.52. The van der Waals surface area contributed by atoms with Crippen molar-refractivity contribution in [1.82, 2.24) is 15.5 Å². The molecule has 1 heterocycles. The van der Waals surface area contributed by atoms with Crippen LogP contribution in [0, 0.1) is 11.8 Å². The maximum atomic E-state index is 5.40. The van der Waals surface area contributed by atoms with Gasteiger partial charge in [-0.3, -0.25) is 0 Å². The van der Waals surface area contributed by atoms with Crippen LogP contribution in [0.5, 0.6) is 0 Å². The Kier molecular flexibility index (Phi) is 2.67. The molecule has 88 valence electrons. The smallest absolute Gasteiger partial charge is 0.230 e. The predicted octanol–water partition coefficient (Wildman–Crippen LogP) is 2.08. The molecule has 3 rings (SSSR count). The van der Waals surface area contributed by atoms with E-state index in [0.29, 0.717) is 5.92 Å². The number of hydrogen-bond acceptors (Lipinski definition) is 4. The van der Waals surface area contributed by atoms with Gasteiger partial charge >= 0.3 is 0 Å². The van der Waals surface area contributed by atoms with Crippen LogP contribution in [0.1, 0.15) is 50.2 Å². The molecule has 2 bridgehead atoms. The molecule has 0 saturated heterocycles. The Labute approximate surface area is 95.8 Å². The number of rotatable bonds is 4. The molecule has 3 atom stereocenters. The standard InChI is InChI=1S/C12H19N3O/c1-2-13-7-11-14-12(16-15-11)10-6-8-3-4-9(10)5-8/h8-10,13H,2-7H2,1H3. The summed E-state index contributed by atoms with van der Waals surface area (Å²) in [5.74, 6) is 4.00. The van der Waals surface area contributed by atoms with Gasteiger partial charge in [0.2, 0.25) is 5.89 Å². The van der Waals surface area contributed by atoms with E-state index in [2.05, 4.69) is 22.4 Å². The van der Waals surface area contributed by atoms with E-state index in [1.807, 2.05) is 0 Å². The summed E-state index contributed by atoms with van der Waals surface area (Å²) in [6.45, 7) is 3.75. The predicted molar refractivity (Wildman–Crippen MR) is 59.9 cm³/mol. The molecule has 0 amide bonds. The Morgan fingerprint density at radius 3 is 3.00 bits per heavy atom. The molecule has 2 saturated carbocycles. The Hall–Kier alpha value is -0.900. The zero-order chi connectivity index (χ0) is 11.0. The third kappa shape index (κ3) is 1.75. The van der Waals surface area contributed by atoms with E-state index in [4.69, 9.17) is 4.52 Å². The highest BCUT2D eigenvalue weighted by atomic mass is 16.5. The van der Waals surface area contributed by atoms with Gasteiger partial charge in [0.05, 0.1) is 6.54 Å². The highest BCUT2D eigenvalue weighted by Gasteiger charge is 2.42. The molecule has 1 N–H and O–H groups in total. The molecular weight excluding hydrogens is 202 g/mol. The van der Waals surface area contributed by atoms with Crippen molar-refractivity contribution in [2.45, 2.75) is 45.1 Å². The maximum absolute atomic E-state index is 5.40. The van der Waals surface area contributed by atoms with Crippen molar-refractivity contribution in [1.29, 1.82) is 0 Å². The topological polar surface area (TPSA) is 51.0 Å². The van der Waals surface area contributed by atoms with Gasteiger partial charge in [0.1, 0.15) is 0 Å². The highest BCUT2D eigenvalue weighted by molar-refractivity contribution is 5.05. The average Bonchev–Trinajstić information content (AvgIpc) is 3.01. The van der Waals surface area contributed by atoms with Crippen molar-refractivity contribution >= 4 is 0 Å². The van der Waals surface area contributed by atoms with Crippen LogP contribution in [0.4, 0.5) is 0 Å². The third-order valence-corrected chi connectivity index (χ3v) is 4.07. The molecule has 2 aliphatic carbocycles. The summed E-state index contributed by atoms with van der Waals surface area (Å²) in [5, 5.41) is 7.25. The largest absolute Gasteiger partial charge is 0.339 e. The lowest BCUT2D eigenvalue weighted by Crippen LogP contribution is -2.13. The first kappa shape index (κ1) is 10.3. The molecule has 1 aromatic heterocycles. The van der Waals surface area contributed by atoms with E-state index >= 15 is 0 Å². The first-order valence-electron chi connectivity index (χ1n) is 6.40. The fraction of sp³-hybridized carbons (Fsp3) is 0.833. The lowest BCUT2D eigenvalue weighted by molar-refractivity contribution is 0.300. The summed E-state index contributed by atoms with van der Waals surface area (Å²) < 4.78 is 5.40. The van der Waals surface area contributed by atoms with Gasteiger partial charge in [-0.1, -0.05) is 18.5 Å². The zero-order valence-corrected chi connectivity index (χ0v) is 9.78. The molecular formula is C12H19N3O. The fourth-order valence-corrected chi connectivity index (χ4v) is 3.27. The molecule has 0 radical (unpaired) electrons. The molecule has 3 unspecified atom stereocenters. The summed E-state index contributed by atoms with van der Waals surface area (Å²) in [5.41, 5.74) is 0. The molecule has 4 heteroatoms. The number of nitrogens with zero attached hydrogens (tertiary/aromatic N) is 2. The van der Waals surface area contributed by atoms with Gasteiger partial charge < -0.3 is 9.84 Å². The number of aromatic nitrogens is 2. The van der Waals surface area contributed by atoms with Gasteiger partial charge in [-0.05, 0) is 37.6 Å². The first-order chi connectivity index (χ1) is 7.86. The molecule has 1 aromatic rings. The SMILES string of the molecule is CCNCc1noc(C2CC3CCC2C3)n1. The van der Waals surface area contributed by atoms with Crippen LogP contribution in [0.2, 0.25) is 0 Å². The molecule has 4 nitrogen and oxygen atoms in total. The van der Waals surface area contributed by atoms with Crippen LogP contribution in [-0.2, 0) is 6.54 Å². The summed E-state index contributed by atoms with van der Waals surface area (Å²) in [6, 6.07) is 0. The van der Waals surface area contributed by atoms with Gasteiger partial charge in [-0.2, -0.15) is 4.98 Å². The lowest BCUT2D eigenvalue weighted by atomic mass is 9.89. The van der Waals surface area contributed by atoms with E-state index in [1.165, 1.54) is 25.7 Å². The fourth-order valence-electron chi connectivity index (χ4n) is 3.27. The van der Waals surface area contributed by atoms with Gasteiger partial charge in [-0.25, -0.2) is 0 Å². The second kappa shape index (κ2) is 4.17. The van der Waals surface area contributed by atoms with Crippen molar-refractivity contribution in [2.75, 3.05) is 6.54 Å². The quantitative estimate of drug-likeness (QED) is 0.845. The van der Waals surface area contributed by atoms with E-state index in [0.717, 1.165) is 36.6 Å². The Morgan fingerprint density at radius 1 is 1.38 bits per heavy atom. The van der Waals surface area contributed by atoms with Gasteiger partial charge in [0.15, 0.2) is 5.82 Å². The van der Waals surface area contributed by atoms with Crippen molar-refractivity contribution in [3.63, 3.8) is 0 Å². The monoisotopic (exact) mass is 221 g/mol. The van der Waals surface area contributed by atoms with Crippen molar-refractivity contribution in [3.8, 4) is 0 Å². The molecule has 0 aromatic carbocycles. The van der Waals surface area contributed by atoms with Crippen LogP contribution in [-0.4, -0.2) is 16.7 Å². The van der Waals surface area contributed by atoms with Crippen LogP contribution in [0.3, 0.4) is 0 Å². The van der Waals surface area contributed by atoms with E-state index in [1.54, 1.807) is 0 Å². The van der Waals surface area contributed by atoms with Crippen molar-refractivity contribution < 1.29 is 4.52 Å². The second-order valence-corrected chi connectivity index (χ2v) is 5.11. The van der Waals surface area contributed by atoms with Crippen molar-refractivity contribution in [3.05, 3.63) is 11.7 Å². The minimum Gasteiger partial charge on any atom is -0.339 e. The lowest BCUT2D eigenvalue weighted by Gasteiger charge is -2.16. The van der Waals surface area contributed by atoms with E-state index < -0.39 is 0 Å². The van der Waals surface area contributed by atoms with Crippen LogP contribution in [0.15, 0.2) is 4.52 Å². The van der Waals surface area contributed by atoms with Gasteiger partial charge in [-0.15, -0.1) is 0 Å². The van der Waals surface area contributed by atoms with E-state index in [9.17, 15) is 0 Å². The van der Waals surface area contributed by atoms with Crippen LogP contribution in [0.25, 0.3) is 0 Å². The number of hydrogen-bond donors (Lipinski definition) is 1. The minimum atomic E-state index is 0.557. The van der Waals surface area contributed by atoms with Gasteiger partial charge in [0.25, 0.3) is 0 Å². The van der Waals surface area contributed by atoms with Crippen molar-refractivity contribution in [2.24, 2.45) is 11.8 Å². The molecule has 16 heavy (non-hydrogen) atoms. The number of nitrogens with one attached hydrogen (secondary N) is 1. The van der Waals surface area contributed by atoms with Crippen LogP contribution < -0.4 is 5.32 Å². The second-order valence-electron chi connectivity index (χ2n) is 5.11. The Balaban J connectivity index is 1.68. The molecule has 2 aliphatic rings. The summed E-state index contributed by atoms with van der Waals surface area (Å²) in [4.78, 5) is 4.51. The minimum absolute atomic E-state index is 0.557. The summed E-state index contributed by atoms with van der Waals surface area (Å²) in [6.07, 6.45) is 5.43. The normalized spacial score (nSPS) is 32.4.